The Hall–Kier alpha value is -1.06. The van der Waals surface area contributed by atoms with Crippen molar-refractivity contribution in [1.82, 2.24) is 10.6 Å². The SMILES string of the molecule is Cc1cc(C)c(C(=O)N[C@H]2CCCNC2)c(C)c1.Cl. The van der Waals surface area contributed by atoms with Crippen LogP contribution >= 0.6 is 12.4 Å². The number of hydrogen-bond acceptors (Lipinski definition) is 2. The molecule has 0 aliphatic carbocycles. The Balaban J connectivity index is 0.00000180. The van der Waals surface area contributed by atoms with Crippen LogP contribution in [0.2, 0.25) is 0 Å². The molecule has 0 bridgehead atoms. The van der Waals surface area contributed by atoms with Crippen LogP contribution in [0.5, 0.6) is 0 Å². The van der Waals surface area contributed by atoms with Crippen LogP contribution in [-0.2, 0) is 0 Å². The molecule has 3 nitrogen and oxygen atoms in total. The molecular weight excluding hydrogens is 260 g/mol. The van der Waals surface area contributed by atoms with Crippen molar-refractivity contribution in [2.75, 3.05) is 13.1 Å². The smallest absolute Gasteiger partial charge is 0.252 e. The molecular formula is C15H23ClN2O. The van der Waals surface area contributed by atoms with Crippen LogP contribution in [0.3, 0.4) is 0 Å². The summed E-state index contributed by atoms with van der Waals surface area (Å²) < 4.78 is 0. The van der Waals surface area contributed by atoms with Gasteiger partial charge in [0, 0.05) is 18.2 Å². The monoisotopic (exact) mass is 282 g/mol. The van der Waals surface area contributed by atoms with Crippen molar-refractivity contribution in [2.24, 2.45) is 0 Å². The summed E-state index contributed by atoms with van der Waals surface area (Å²) in [7, 11) is 0. The predicted molar refractivity (Wildman–Crippen MR) is 81.3 cm³/mol. The van der Waals surface area contributed by atoms with E-state index in [9.17, 15) is 4.79 Å². The lowest BCUT2D eigenvalue weighted by molar-refractivity contribution is 0.0929. The fourth-order valence-corrected chi connectivity index (χ4v) is 2.77. The summed E-state index contributed by atoms with van der Waals surface area (Å²) in [5.41, 5.74) is 4.18. The van der Waals surface area contributed by atoms with Crippen LogP contribution in [-0.4, -0.2) is 25.0 Å². The Morgan fingerprint density at radius 1 is 1.26 bits per heavy atom. The van der Waals surface area contributed by atoms with Gasteiger partial charge in [0.2, 0.25) is 0 Å². The standard InChI is InChI=1S/C15H22N2O.ClH/c1-10-7-11(2)14(12(3)8-10)15(18)17-13-5-4-6-16-9-13;/h7-8,13,16H,4-6,9H2,1-3H3,(H,17,18);1H/t13-;/m0./s1. The molecule has 0 aromatic heterocycles. The van der Waals surface area contributed by atoms with Gasteiger partial charge in [0.05, 0.1) is 0 Å². The highest BCUT2D eigenvalue weighted by molar-refractivity contribution is 5.97. The van der Waals surface area contributed by atoms with E-state index in [2.05, 4.69) is 29.7 Å². The number of piperidine rings is 1. The van der Waals surface area contributed by atoms with E-state index in [1.807, 2.05) is 13.8 Å². The minimum Gasteiger partial charge on any atom is -0.348 e. The molecule has 1 aliphatic rings. The van der Waals surface area contributed by atoms with Crippen molar-refractivity contribution in [2.45, 2.75) is 39.7 Å². The summed E-state index contributed by atoms with van der Waals surface area (Å²) in [5.74, 6) is 0.0682. The Bertz CT molecular complexity index is 430. The number of halogens is 1. The minimum atomic E-state index is 0. The van der Waals surface area contributed by atoms with Crippen molar-refractivity contribution >= 4 is 18.3 Å². The molecule has 1 aromatic carbocycles. The maximum atomic E-state index is 12.3. The van der Waals surface area contributed by atoms with Gasteiger partial charge in [-0.25, -0.2) is 0 Å². The molecule has 1 heterocycles. The lowest BCUT2D eigenvalue weighted by atomic mass is 9.98. The minimum absolute atomic E-state index is 0. The van der Waals surface area contributed by atoms with E-state index >= 15 is 0 Å². The largest absolute Gasteiger partial charge is 0.348 e. The molecule has 0 saturated carbocycles. The van der Waals surface area contributed by atoms with Crippen molar-refractivity contribution in [3.8, 4) is 0 Å². The first-order valence-corrected chi connectivity index (χ1v) is 6.67. The number of carbonyl (C=O) groups is 1. The number of rotatable bonds is 2. The zero-order chi connectivity index (χ0) is 13.1. The van der Waals surface area contributed by atoms with Gasteiger partial charge >= 0.3 is 0 Å². The first kappa shape index (κ1) is 16.0. The van der Waals surface area contributed by atoms with Crippen LogP contribution in [0, 0.1) is 20.8 Å². The quantitative estimate of drug-likeness (QED) is 0.875. The zero-order valence-corrected chi connectivity index (χ0v) is 12.7. The first-order valence-electron chi connectivity index (χ1n) is 6.67. The van der Waals surface area contributed by atoms with E-state index in [0.717, 1.165) is 42.6 Å². The average Bonchev–Trinajstić information content (AvgIpc) is 2.28. The second-order valence-corrected chi connectivity index (χ2v) is 5.29. The van der Waals surface area contributed by atoms with Gasteiger partial charge in [0.15, 0.2) is 0 Å². The van der Waals surface area contributed by atoms with E-state index < -0.39 is 0 Å². The predicted octanol–water partition coefficient (Wildman–Crippen LogP) is 2.52. The van der Waals surface area contributed by atoms with E-state index in [1.165, 1.54) is 5.56 Å². The van der Waals surface area contributed by atoms with Gasteiger partial charge < -0.3 is 10.6 Å². The highest BCUT2D eigenvalue weighted by Gasteiger charge is 2.18. The van der Waals surface area contributed by atoms with Crippen molar-refractivity contribution in [1.29, 1.82) is 0 Å². The van der Waals surface area contributed by atoms with Gasteiger partial charge in [-0.2, -0.15) is 0 Å². The molecule has 19 heavy (non-hydrogen) atoms. The molecule has 106 valence electrons. The van der Waals surface area contributed by atoms with E-state index in [1.54, 1.807) is 0 Å². The third-order valence-electron chi connectivity index (χ3n) is 3.54. The third kappa shape index (κ3) is 3.95. The van der Waals surface area contributed by atoms with Crippen LogP contribution < -0.4 is 10.6 Å². The summed E-state index contributed by atoms with van der Waals surface area (Å²) in [6.07, 6.45) is 2.21. The van der Waals surface area contributed by atoms with Gasteiger partial charge in [-0.15, -0.1) is 12.4 Å². The van der Waals surface area contributed by atoms with Gasteiger partial charge in [-0.1, -0.05) is 17.7 Å². The summed E-state index contributed by atoms with van der Waals surface area (Å²) >= 11 is 0. The molecule has 0 radical (unpaired) electrons. The van der Waals surface area contributed by atoms with Crippen LogP contribution in [0.25, 0.3) is 0 Å². The summed E-state index contributed by atoms with van der Waals surface area (Å²) in [6.45, 7) is 8.03. The van der Waals surface area contributed by atoms with Crippen LogP contribution in [0.1, 0.15) is 39.9 Å². The molecule has 4 heteroatoms. The number of benzene rings is 1. The normalized spacial score (nSPS) is 18.6. The van der Waals surface area contributed by atoms with Crippen molar-refractivity contribution < 1.29 is 4.79 Å². The van der Waals surface area contributed by atoms with E-state index in [4.69, 9.17) is 0 Å². The van der Waals surface area contributed by atoms with E-state index in [-0.39, 0.29) is 24.4 Å². The van der Waals surface area contributed by atoms with Crippen molar-refractivity contribution in [3.63, 3.8) is 0 Å². The summed E-state index contributed by atoms with van der Waals surface area (Å²) in [5, 5.41) is 6.45. The second kappa shape index (κ2) is 6.92. The van der Waals surface area contributed by atoms with Crippen LogP contribution in [0.4, 0.5) is 0 Å². The molecule has 1 aliphatic heterocycles. The summed E-state index contributed by atoms with van der Waals surface area (Å²) in [6, 6.07) is 4.41. The highest BCUT2D eigenvalue weighted by atomic mass is 35.5. The van der Waals surface area contributed by atoms with Gasteiger partial charge in [-0.3, -0.25) is 4.79 Å². The second-order valence-electron chi connectivity index (χ2n) is 5.29. The molecule has 1 saturated heterocycles. The Morgan fingerprint density at radius 2 is 1.89 bits per heavy atom. The number of nitrogens with one attached hydrogen (secondary N) is 2. The van der Waals surface area contributed by atoms with Crippen molar-refractivity contribution in [3.05, 3.63) is 34.4 Å². The molecule has 2 rings (SSSR count). The van der Waals surface area contributed by atoms with Gasteiger partial charge in [-0.05, 0) is 51.3 Å². The van der Waals surface area contributed by atoms with Gasteiger partial charge in [0.1, 0.15) is 0 Å². The molecule has 1 aromatic rings. The fraction of sp³-hybridized carbons (Fsp3) is 0.533. The molecule has 2 N–H and O–H groups in total. The Kier molecular flexibility index (Phi) is 5.83. The topological polar surface area (TPSA) is 41.1 Å². The average molecular weight is 283 g/mol. The fourth-order valence-electron chi connectivity index (χ4n) is 2.77. The molecule has 1 atom stereocenters. The number of amides is 1. The highest BCUT2D eigenvalue weighted by Crippen LogP contribution is 2.16. The lowest BCUT2D eigenvalue weighted by Crippen LogP contribution is -2.45. The maximum absolute atomic E-state index is 12.3. The maximum Gasteiger partial charge on any atom is 0.252 e. The first-order chi connectivity index (χ1) is 8.58. The third-order valence-corrected chi connectivity index (χ3v) is 3.54. The molecule has 1 fully saturated rings. The summed E-state index contributed by atoms with van der Waals surface area (Å²) in [4.78, 5) is 12.3. The Labute approximate surface area is 121 Å². The van der Waals surface area contributed by atoms with Crippen LogP contribution in [0.15, 0.2) is 12.1 Å². The Morgan fingerprint density at radius 3 is 2.42 bits per heavy atom. The molecule has 0 spiro atoms. The number of hydrogen-bond donors (Lipinski definition) is 2. The number of aryl methyl sites for hydroxylation is 3. The molecule has 0 unspecified atom stereocenters. The molecule has 1 amide bonds. The van der Waals surface area contributed by atoms with Gasteiger partial charge in [0.25, 0.3) is 5.91 Å². The van der Waals surface area contributed by atoms with E-state index in [0.29, 0.717) is 0 Å². The number of carbonyl (C=O) groups excluding carboxylic acids is 1. The lowest BCUT2D eigenvalue weighted by Gasteiger charge is -2.24. The zero-order valence-electron chi connectivity index (χ0n) is 11.9.